The molecule has 4 nitrogen and oxygen atoms in total. The van der Waals surface area contributed by atoms with Crippen LogP contribution in [0.4, 0.5) is 0 Å². The van der Waals surface area contributed by atoms with Gasteiger partial charge in [0.25, 0.3) is 0 Å². The van der Waals surface area contributed by atoms with Gasteiger partial charge in [-0.2, -0.15) is 5.10 Å². The van der Waals surface area contributed by atoms with Gasteiger partial charge in [-0.1, -0.05) is 24.3 Å². The molecule has 0 saturated heterocycles. The van der Waals surface area contributed by atoms with Crippen molar-refractivity contribution in [3.63, 3.8) is 0 Å². The molecular weight excluding hydrogens is 238 g/mol. The molecule has 2 rings (SSSR count). The molecule has 1 aromatic carbocycles. The van der Waals surface area contributed by atoms with Crippen molar-refractivity contribution in [1.29, 1.82) is 0 Å². The number of ketones is 1. The number of Topliss-reactive ketones (excluding diaryl/α,β-unsaturated/α-hetero) is 1. The summed E-state index contributed by atoms with van der Waals surface area (Å²) in [5.41, 5.74) is 8.33. The second-order valence-corrected chi connectivity index (χ2v) is 4.50. The Balaban J connectivity index is 2.15. The minimum atomic E-state index is 0.125. The number of benzene rings is 1. The monoisotopic (exact) mass is 257 g/mol. The van der Waals surface area contributed by atoms with Crippen LogP contribution in [-0.2, 0) is 19.4 Å². The predicted octanol–water partition coefficient (Wildman–Crippen LogP) is 1.83. The van der Waals surface area contributed by atoms with E-state index in [0.29, 0.717) is 13.0 Å². The van der Waals surface area contributed by atoms with E-state index < -0.39 is 0 Å². The van der Waals surface area contributed by atoms with E-state index in [1.807, 2.05) is 42.1 Å². The van der Waals surface area contributed by atoms with Crippen molar-refractivity contribution in [2.24, 2.45) is 5.73 Å². The second-order valence-electron chi connectivity index (χ2n) is 4.50. The minimum absolute atomic E-state index is 0.125. The first-order valence-electron chi connectivity index (χ1n) is 6.57. The lowest BCUT2D eigenvalue weighted by molar-refractivity contribution is 0.0992. The number of carbonyl (C=O) groups excluding carboxylic acids is 1. The molecular formula is C15H19N3O. The summed E-state index contributed by atoms with van der Waals surface area (Å²) >= 11 is 0. The van der Waals surface area contributed by atoms with E-state index in [1.165, 1.54) is 0 Å². The Bertz CT molecular complexity index is 560. The van der Waals surface area contributed by atoms with Gasteiger partial charge in [0.15, 0.2) is 5.78 Å². The summed E-state index contributed by atoms with van der Waals surface area (Å²) in [7, 11) is 0. The van der Waals surface area contributed by atoms with Crippen LogP contribution in [0.5, 0.6) is 0 Å². The van der Waals surface area contributed by atoms with E-state index in [-0.39, 0.29) is 5.78 Å². The number of aromatic nitrogens is 2. The predicted molar refractivity (Wildman–Crippen MR) is 75.1 cm³/mol. The topological polar surface area (TPSA) is 60.9 Å². The molecule has 0 aliphatic carbocycles. The van der Waals surface area contributed by atoms with Crippen LogP contribution < -0.4 is 5.73 Å². The molecule has 0 bridgehead atoms. The van der Waals surface area contributed by atoms with Crippen molar-refractivity contribution in [3.8, 4) is 0 Å². The Morgan fingerprint density at radius 1 is 1.37 bits per heavy atom. The van der Waals surface area contributed by atoms with E-state index in [1.54, 1.807) is 6.20 Å². The van der Waals surface area contributed by atoms with Gasteiger partial charge in [0.2, 0.25) is 0 Å². The Hall–Kier alpha value is -1.94. The van der Waals surface area contributed by atoms with Crippen molar-refractivity contribution in [3.05, 3.63) is 53.3 Å². The molecule has 1 aromatic heterocycles. The van der Waals surface area contributed by atoms with E-state index in [4.69, 9.17) is 5.73 Å². The third kappa shape index (κ3) is 3.29. The van der Waals surface area contributed by atoms with Crippen molar-refractivity contribution in [2.45, 2.75) is 26.3 Å². The van der Waals surface area contributed by atoms with Crippen LogP contribution in [0.1, 0.15) is 28.4 Å². The molecule has 0 aliphatic rings. The van der Waals surface area contributed by atoms with E-state index in [9.17, 15) is 4.79 Å². The first-order valence-corrected chi connectivity index (χ1v) is 6.57. The molecule has 2 N–H and O–H groups in total. The Labute approximate surface area is 113 Å². The molecule has 19 heavy (non-hydrogen) atoms. The van der Waals surface area contributed by atoms with Crippen LogP contribution in [0.15, 0.2) is 36.7 Å². The normalized spacial score (nSPS) is 10.6. The summed E-state index contributed by atoms with van der Waals surface area (Å²) in [6, 6.07) is 7.67. The Kier molecular flexibility index (Phi) is 4.47. The second kappa shape index (κ2) is 6.29. The van der Waals surface area contributed by atoms with Crippen LogP contribution in [0.2, 0.25) is 0 Å². The molecule has 2 aromatic rings. The van der Waals surface area contributed by atoms with Gasteiger partial charge in [-0.3, -0.25) is 9.48 Å². The van der Waals surface area contributed by atoms with Gasteiger partial charge >= 0.3 is 0 Å². The van der Waals surface area contributed by atoms with Crippen molar-refractivity contribution in [1.82, 2.24) is 9.78 Å². The third-order valence-corrected chi connectivity index (χ3v) is 3.11. The maximum Gasteiger partial charge on any atom is 0.167 e. The first-order chi connectivity index (χ1) is 9.24. The van der Waals surface area contributed by atoms with Gasteiger partial charge in [0.05, 0.1) is 6.20 Å². The molecule has 0 atom stereocenters. The zero-order chi connectivity index (χ0) is 13.7. The quantitative estimate of drug-likeness (QED) is 0.803. The van der Waals surface area contributed by atoms with Crippen LogP contribution in [0, 0.1) is 0 Å². The molecule has 1 heterocycles. The number of nitrogens with two attached hydrogens (primary N) is 1. The van der Waals surface area contributed by atoms with Crippen molar-refractivity contribution < 1.29 is 4.79 Å². The fourth-order valence-electron chi connectivity index (χ4n) is 2.12. The molecule has 100 valence electrons. The summed E-state index contributed by atoms with van der Waals surface area (Å²) < 4.78 is 1.83. The summed E-state index contributed by atoms with van der Waals surface area (Å²) in [4.78, 5) is 12.3. The van der Waals surface area contributed by atoms with Gasteiger partial charge in [-0.15, -0.1) is 0 Å². The molecule has 4 heteroatoms. The van der Waals surface area contributed by atoms with Gasteiger partial charge < -0.3 is 5.73 Å². The largest absolute Gasteiger partial charge is 0.330 e. The first kappa shape index (κ1) is 13.5. The molecule has 0 spiro atoms. The summed E-state index contributed by atoms with van der Waals surface area (Å²) in [6.07, 6.45) is 4.80. The van der Waals surface area contributed by atoms with Crippen molar-refractivity contribution in [2.75, 3.05) is 6.54 Å². The summed E-state index contributed by atoms with van der Waals surface area (Å²) in [5, 5.41) is 4.18. The highest BCUT2D eigenvalue weighted by Crippen LogP contribution is 2.13. The third-order valence-electron chi connectivity index (χ3n) is 3.11. The maximum absolute atomic E-state index is 12.3. The van der Waals surface area contributed by atoms with E-state index in [0.717, 1.165) is 29.7 Å². The zero-order valence-electron chi connectivity index (χ0n) is 11.2. The van der Waals surface area contributed by atoms with Gasteiger partial charge in [0.1, 0.15) is 0 Å². The SMILES string of the molecule is CCn1cc(CC(=O)c2ccccc2CCN)cn1. The van der Waals surface area contributed by atoms with Gasteiger partial charge in [-0.25, -0.2) is 0 Å². The molecule has 0 aliphatic heterocycles. The fourth-order valence-corrected chi connectivity index (χ4v) is 2.12. The molecule has 0 saturated carbocycles. The average molecular weight is 257 g/mol. The van der Waals surface area contributed by atoms with Gasteiger partial charge in [0, 0.05) is 24.7 Å². The zero-order valence-corrected chi connectivity index (χ0v) is 11.2. The van der Waals surface area contributed by atoms with Crippen molar-refractivity contribution >= 4 is 5.78 Å². The number of hydrogen-bond acceptors (Lipinski definition) is 3. The number of nitrogens with zero attached hydrogens (tertiary/aromatic N) is 2. The molecule has 0 radical (unpaired) electrons. The van der Waals surface area contributed by atoms with Crippen LogP contribution in [0.3, 0.4) is 0 Å². The Morgan fingerprint density at radius 2 is 2.16 bits per heavy atom. The number of carbonyl (C=O) groups is 1. The number of aryl methyl sites for hydroxylation is 1. The highest BCUT2D eigenvalue weighted by atomic mass is 16.1. The molecule has 0 amide bonds. The van der Waals surface area contributed by atoms with E-state index in [2.05, 4.69) is 5.10 Å². The fraction of sp³-hybridized carbons (Fsp3) is 0.333. The van der Waals surface area contributed by atoms with Crippen LogP contribution >= 0.6 is 0 Å². The molecule has 0 unspecified atom stereocenters. The van der Waals surface area contributed by atoms with Crippen LogP contribution in [-0.4, -0.2) is 22.1 Å². The lowest BCUT2D eigenvalue weighted by atomic mass is 9.98. The summed E-state index contributed by atoms with van der Waals surface area (Å²) in [5.74, 6) is 0.125. The highest BCUT2D eigenvalue weighted by molar-refractivity contribution is 5.98. The number of rotatable bonds is 6. The lowest BCUT2D eigenvalue weighted by Crippen LogP contribution is -2.10. The average Bonchev–Trinajstić information content (AvgIpc) is 2.87. The smallest absolute Gasteiger partial charge is 0.167 e. The summed E-state index contributed by atoms with van der Waals surface area (Å²) in [6.45, 7) is 3.39. The number of hydrogen-bond donors (Lipinski definition) is 1. The lowest BCUT2D eigenvalue weighted by Gasteiger charge is -2.06. The molecule has 0 fully saturated rings. The standard InChI is InChI=1S/C15H19N3O/c1-2-18-11-12(10-17-18)9-15(19)14-6-4-3-5-13(14)7-8-16/h3-6,10-11H,2,7-9,16H2,1H3. The Morgan fingerprint density at radius 3 is 2.84 bits per heavy atom. The highest BCUT2D eigenvalue weighted by Gasteiger charge is 2.12. The van der Waals surface area contributed by atoms with Crippen LogP contribution in [0.25, 0.3) is 0 Å². The minimum Gasteiger partial charge on any atom is -0.330 e. The maximum atomic E-state index is 12.3. The van der Waals surface area contributed by atoms with Gasteiger partial charge in [-0.05, 0) is 31.0 Å². The van der Waals surface area contributed by atoms with E-state index >= 15 is 0 Å².